The van der Waals surface area contributed by atoms with Gasteiger partial charge in [-0.1, -0.05) is 50.8 Å². The summed E-state index contributed by atoms with van der Waals surface area (Å²) in [5, 5.41) is 0. The fourth-order valence-corrected chi connectivity index (χ4v) is 2.77. The van der Waals surface area contributed by atoms with E-state index in [-0.39, 0.29) is 6.10 Å². The monoisotopic (exact) mass is 286 g/mol. The first kappa shape index (κ1) is 16.2. The normalized spacial score (nSPS) is 15.7. The van der Waals surface area contributed by atoms with E-state index in [1.807, 2.05) is 6.07 Å². The zero-order valence-electron chi connectivity index (χ0n) is 11.6. The summed E-state index contributed by atoms with van der Waals surface area (Å²) in [5.41, 5.74) is 0. The molecule has 0 radical (unpaired) electrons. The lowest BCUT2D eigenvalue weighted by atomic mass is 10.1. The molecule has 0 aliphatic carbocycles. The van der Waals surface area contributed by atoms with Crippen LogP contribution in [0, 0.1) is 0 Å². The second-order valence-electron chi connectivity index (χ2n) is 4.64. The van der Waals surface area contributed by atoms with Gasteiger partial charge in [0.05, 0.1) is 6.10 Å². The zero-order chi connectivity index (χ0) is 14.1. The van der Waals surface area contributed by atoms with Crippen molar-refractivity contribution < 1.29 is 18.5 Å². The molecular weight excluding hydrogens is 263 g/mol. The molecule has 1 rings (SSSR count). The molecule has 0 aliphatic rings. The van der Waals surface area contributed by atoms with E-state index >= 15 is 0 Å². The van der Waals surface area contributed by atoms with Crippen molar-refractivity contribution in [2.24, 2.45) is 0 Å². The highest BCUT2D eigenvalue weighted by atomic mass is 31.2. The van der Waals surface area contributed by atoms with Crippen molar-refractivity contribution >= 4 is 7.82 Å². The summed E-state index contributed by atoms with van der Waals surface area (Å²) in [6.07, 6.45) is 4.97. The van der Waals surface area contributed by atoms with Crippen molar-refractivity contribution in [3.63, 3.8) is 0 Å². The van der Waals surface area contributed by atoms with Crippen molar-refractivity contribution in [2.75, 3.05) is 0 Å². The molecule has 0 aromatic heterocycles. The summed E-state index contributed by atoms with van der Waals surface area (Å²) < 4.78 is 21.9. The van der Waals surface area contributed by atoms with Crippen LogP contribution in [0.2, 0.25) is 0 Å². The lowest BCUT2D eigenvalue weighted by Gasteiger charge is -2.17. The summed E-state index contributed by atoms with van der Waals surface area (Å²) in [6, 6.07) is 8.54. The second-order valence-corrected chi connectivity index (χ2v) is 5.97. The highest BCUT2D eigenvalue weighted by molar-refractivity contribution is 7.47. The molecule has 0 fully saturated rings. The van der Waals surface area contributed by atoms with Gasteiger partial charge in [-0.15, -0.1) is 0 Å². The van der Waals surface area contributed by atoms with Gasteiger partial charge in [-0.2, -0.15) is 0 Å². The highest BCUT2D eigenvalue weighted by Gasteiger charge is 2.25. The molecular formula is C14H23O4P. The van der Waals surface area contributed by atoms with Gasteiger partial charge in [-0.25, -0.2) is 4.57 Å². The number of hydrogen-bond donors (Lipinski definition) is 1. The Bertz CT molecular complexity index is 394. The van der Waals surface area contributed by atoms with Crippen LogP contribution < -0.4 is 4.52 Å². The van der Waals surface area contributed by atoms with Crippen LogP contribution in [-0.4, -0.2) is 11.0 Å². The third kappa shape index (κ3) is 7.36. The van der Waals surface area contributed by atoms with Crippen LogP contribution in [0.25, 0.3) is 0 Å². The van der Waals surface area contributed by atoms with Gasteiger partial charge in [0.2, 0.25) is 0 Å². The lowest BCUT2D eigenvalue weighted by Crippen LogP contribution is -2.09. The van der Waals surface area contributed by atoms with E-state index in [1.165, 1.54) is 12.8 Å². The van der Waals surface area contributed by atoms with Crippen molar-refractivity contribution in [1.82, 2.24) is 0 Å². The molecule has 5 heteroatoms. The molecule has 19 heavy (non-hydrogen) atoms. The Hall–Kier alpha value is -0.830. The molecule has 1 aromatic carbocycles. The number of hydrogen-bond acceptors (Lipinski definition) is 3. The summed E-state index contributed by atoms with van der Waals surface area (Å²) in [4.78, 5) is 9.65. The average molecular weight is 286 g/mol. The fraction of sp³-hybridized carbons (Fsp3) is 0.571. The molecule has 0 bridgehead atoms. The van der Waals surface area contributed by atoms with E-state index in [4.69, 9.17) is 9.05 Å². The van der Waals surface area contributed by atoms with E-state index in [2.05, 4.69) is 6.92 Å². The van der Waals surface area contributed by atoms with Crippen LogP contribution in [-0.2, 0) is 9.09 Å². The van der Waals surface area contributed by atoms with Crippen molar-refractivity contribution in [1.29, 1.82) is 0 Å². The number of phosphoric acid groups is 1. The third-order valence-electron chi connectivity index (χ3n) is 2.74. The molecule has 0 heterocycles. The number of benzene rings is 1. The first-order valence-corrected chi connectivity index (χ1v) is 8.29. The number of para-hydroxylation sites is 1. The van der Waals surface area contributed by atoms with E-state index in [9.17, 15) is 9.46 Å². The fourth-order valence-electron chi connectivity index (χ4n) is 1.77. The molecule has 0 saturated carbocycles. The zero-order valence-corrected chi connectivity index (χ0v) is 12.5. The van der Waals surface area contributed by atoms with Crippen LogP contribution >= 0.6 is 7.82 Å². The van der Waals surface area contributed by atoms with Crippen LogP contribution in [0.3, 0.4) is 0 Å². The number of rotatable bonds is 9. The van der Waals surface area contributed by atoms with Gasteiger partial charge in [0, 0.05) is 0 Å². The Morgan fingerprint density at radius 2 is 1.89 bits per heavy atom. The molecule has 0 amide bonds. The first-order valence-electron chi connectivity index (χ1n) is 6.79. The lowest BCUT2D eigenvalue weighted by molar-refractivity contribution is 0.141. The van der Waals surface area contributed by atoms with Gasteiger partial charge >= 0.3 is 7.82 Å². The maximum atomic E-state index is 11.8. The van der Waals surface area contributed by atoms with Crippen LogP contribution in [0.15, 0.2) is 30.3 Å². The van der Waals surface area contributed by atoms with Gasteiger partial charge in [-0.3, -0.25) is 9.42 Å². The topological polar surface area (TPSA) is 55.8 Å². The summed E-state index contributed by atoms with van der Waals surface area (Å²) >= 11 is 0. The van der Waals surface area contributed by atoms with Gasteiger partial charge < -0.3 is 4.52 Å². The Labute approximate surface area is 115 Å². The summed E-state index contributed by atoms with van der Waals surface area (Å²) in [5.74, 6) is 0.339. The van der Waals surface area contributed by atoms with Gasteiger partial charge in [0.25, 0.3) is 0 Å². The molecule has 1 aromatic rings. The molecule has 2 atom stereocenters. The van der Waals surface area contributed by atoms with Crippen LogP contribution in [0.4, 0.5) is 0 Å². The summed E-state index contributed by atoms with van der Waals surface area (Å²) in [6.45, 7) is 3.94. The minimum atomic E-state index is -4.03. The third-order valence-corrected chi connectivity index (χ3v) is 3.81. The second kappa shape index (κ2) is 8.36. The Balaban J connectivity index is 2.35. The molecule has 0 aliphatic heterocycles. The molecule has 4 nitrogen and oxygen atoms in total. The molecule has 0 spiro atoms. The van der Waals surface area contributed by atoms with E-state index < -0.39 is 7.82 Å². The van der Waals surface area contributed by atoms with E-state index in [0.717, 1.165) is 19.3 Å². The average Bonchev–Trinajstić information content (AvgIpc) is 2.34. The minimum Gasteiger partial charge on any atom is -0.404 e. The van der Waals surface area contributed by atoms with Crippen LogP contribution in [0.5, 0.6) is 5.75 Å². The standard InChI is InChI=1S/C14H23O4P/c1-3-4-5-7-10-13(2)17-19(15,16)18-14-11-8-6-9-12-14/h6,8-9,11-13H,3-5,7,10H2,1-2H3,(H,15,16). The first-order chi connectivity index (χ1) is 9.03. The number of unbranched alkanes of at least 4 members (excludes halogenated alkanes) is 3. The molecule has 108 valence electrons. The quantitative estimate of drug-likeness (QED) is 0.535. The number of phosphoric ester groups is 1. The maximum Gasteiger partial charge on any atom is 0.527 e. The van der Waals surface area contributed by atoms with Crippen LogP contribution in [0.1, 0.15) is 46.0 Å². The van der Waals surface area contributed by atoms with Gasteiger partial charge in [0.1, 0.15) is 5.75 Å². The van der Waals surface area contributed by atoms with Crippen molar-refractivity contribution in [2.45, 2.75) is 52.1 Å². The minimum absolute atomic E-state index is 0.281. The predicted octanol–water partition coefficient (Wildman–Crippen LogP) is 4.54. The van der Waals surface area contributed by atoms with Gasteiger partial charge in [0.15, 0.2) is 0 Å². The smallest absolute Gasteiger partial charge is 0.404 e. The molecule has 0 saturated heterocycles. The van der Waals surface area contributed by atoms with Crippen molar-refractivity contribution in [3.8, 4) is 5.75 Å². The predicted molar refractivity (Wildman–Crippen MR) is 76.2 cm³/mol. The molecule has 1 N–H and O–H groups in total. The summed E-state index contributed by atoms with van der Waals surface area (Å²) in [7, 11) is -4.03. The Morgan fingerprint density at radius 3 is 2.53 bits per heavy atom. The molecule has 2 unspecified atom stereocenters. The van der Waals surface area contributed by atoms with E-state index in [0.29, 0.717) is 5.75 Å². The van der Waals surface area contributed by atoms with Crippen molar-refractivity contribution in [3.05, 3.63) is 30.3 Å². The van der Waals surface area contributed by atoms with E-state index in [1.54, 1.807) is 31.2 Å². The Morgan fingerprint density at radius 1 is 1.21 bits per heavy atom. The maximum absolute atomic E-state index is 11.8. The highest BCUT2D eigenvalue weighted by Crippen LogP contribution is 2.45. The van der Waals surface area contributed by atoms with Gasteiger partial charge in [-0.05, 0) is 25.5 Å². The largest absolute Gasteiger partial charge is 0.527 e. The SMILES string of the molecule is CCCCCCC(C)OP(=O)(O)Oc1ccccc1. The Kier molecular flexibility index (Phi) is 7.14.